The number of hydrogen-bond donors (Lipinski definition) is 2. The van der Waals surface area contributed by atoms with Crippen molar-refractivity contribution in [3.8, 4) is 10.9 Å². The molecule has 2 N–H and O–H groups in total. The number of aliphatic imine (C=N–C) groups is 1. The number of aromatic nitrogens is 5. The summed E-state index contributed by atoms with van der Waals surface area (Å²) in [7, 11) is 5.38. The molecule has 3 heterocycles. The minimum atomic E-state index is 0.464. The first-order valence-corrected chi connectivity index (χ1v) is 11.9. The van der Waals surface area contributed by atoms with Crippen LogP contribution in [0.25, 0.3) is 5.57 Å². The number of hydrogen-bond acceptors (Lipinski definition) is 8. The number of H-pyrrole nitrogens is 1. The average molecular weight is 505 g/mol. The fourth-order valence-corrected chi connectivity index (χ4v) is 3.84. The number of aromatic amines is 1. The highest BCUT2D eigenvalue weighted by molar-refractivity contribution is 7.11. The summed E-state index contributed by atoms with van der Waals surface area (Å²) in [5.74, 6) is 2.97. The molecule has 4 rings (SSSR count). The minimum absolute atomic E-state index is 0.464. The molecule has 36 heavy (non-hydrogen) atoms. The second-order valence-corrected chi connectivity index (χ2v) is 8.79. The Hall–Kier alpha value is -4.38. The SMILES string of the molecule is C=C(/C(OC)=C(\N=C(/C)N(C)c1ccc(Oc2nccs2)cc1)Nc1cc(C)[nH]n1)c1cnn(C)c1. The van der Waals surface area contributed by atoms with E-state index in [0.717, 1.165) is 16.9 Å². The van der Waals surface area contributed by atoms with E-state index in [4.69, 9.17) is 14.5 Å². The van der Waals surface area contributed by atoms with E-state index in [1.807, 2.05) is 74.8 Å². The molecular formula is C25H28N8O2S. The van der Waals surface area contributed by atoms with E-state index < -0.39 is 0 Å². The van der Waals surface area contributed by atoms with E-state index in [9.17, 15) is 0 Å². The summed E-state index contributed by atoms with van der Waals surface area (Å²) in [6.07, 6.45) is 5.31. The summed E-state index contributed by atoms with van der Waals surface area (Å²) in [5, 5.41) is 17.2. The second kappa shape index (κ2) is 10.9. The quantitative estimate of drug-likeness (QED) is 0.140. The van der Waals surface area contributed by atoms with E-state index in [0.29, 0.717) is 39.7 Å². The van der Waals surface area contributed by atoms with Gasteiger partial charge in [-0.1, -0.05) is 17.9 Å². The van der Waals surface area contributed by atoms with E-state index in [2.05, 4.69) is 32.2 Å². The maximum absolute atomic E-state index is 5.76. The molecule has 4 aromatic rings. The maximum Gasteiger partial charge on any atom is 0.278 e. The van der Waals surface area contributed by atoms with Crippen molar-refractivity contribution in [3.05, 3.63) is 83.7 Å². The molecule has 0 aliphatic rings. The van der Waals surface area contributed by atoms with Crippen LogP contribution in [0.3, 0.4) is 0 Å². The highest BCUT2D eigenvalue weighted by Gasteiger charge is 2.17. The Morgan fingerprint density at radius 1 is 1.28 bits per heavy atom. The number of allylic oxidation sites excluding steroid dienone is 1. The number of methoxy groups -OCH3 is 1. The molecule has 10 nitrogen and oxygen atoms in total. The van der Waals surface area contributed by atoms with Crippen LogP contribution in [-0.4, -0.2) is 45.0 Å². The third-order valence-electron chi connectivity index (χ3n) is 5.30. The molecular weight excluding hydrogens is 476 g/mol. The van der Waals surface area contributed by atoms with Gasteiger partial charge in [-0.2, -0.15) is 10.2 Å². The van der Waals surface area contributed by atoms with Gasteiger partial charge in [-0.25, -0.2) is 9.98 Å². The predicted molar refractivity (Wildman–Crippen MR) is 143 cm³/mol. The Bertz CT molecular complexity index is 1380. The molecule has 0 spiro atoms. The largest absolute Gasteiger partial charge is 0.492 e. The Kier molecular flexibility index (Phi) is 7.50. The van der Waals surface area contributed by atoms with Crippen LogP contribution in [0.1, 0.15) is 18.2 Å². The van der Waals surface area contributed by atoms with Crippen molar-refractivity contribution < 1.29 is 9.47 Å². The van der Waals surface area contributed by atoms with Gasteiger partial charge in [0.1, 0.15) is 11.6 Å². The van der Waals surface area contributed by atoms with Gasteiger partial charge in [0, 0.05) is 60.5 Å². The van der Waals surface area contributed by atoms with Gasteiger partial charge in [0.15, 0.2) is 17.4 Å². The molecule has 0 radical (unpaired) electrons. The number of nitrogens with one attached hydrogen (secondary N) is 2. The van der Waals surface area contributed by atoms with Crippen LogP contribution in [0.4, 0.5) is 11.5 Å². The monoisotopic (exact) mass is 504 g/mol. The standard InChI is InChI=1S/C25H28N8O2S/c1-16-13-22(31-30-16)29-24(23(34-6)17(2)19-14-27-32(4)15-19)28-18(3)33(5)20-7-9-21(10-8-20)35-25-26-11-12-36-25/h7-15H,2H2,1,3-6H3,(H2,29,30,31)/b24-23-,28-18+. The molecule has 3 aromatic heterocycles. The minimum Gasteiger partial charge on any atom is -0.492 e. The van der Waals surface area contributed by atoms with Crippen molar-refractivity contribution in [2.24, 2.45) is 12.0 Å². The molecule has 0 aliphatic heterocycles. The number of amidine groups is 1. The lowest BCUT2D eigenvalue weighted by atomic mass is 10.1. The van der Waals surface area contributed by atoms with Gasteiger partial charge in [-0.3, -0.25) is 9.78 Å². The zero-order chi connectivity index (χ0) is 25.7. The van der Waals surface area contributed by atoms with Gasteiger partial charge < -0.3 is 19.7 Å². The van der Waals surface area contributed by atoms with Crippen LogP contribution in [0, 0.1) is 6.92 Å². The van der Waals surface area contributed by atoms with E-state index in [1.165, 1.54) is 11.3 Å². The second-order valence-electron chi connectivity index (χ2n) is 7.94. The van der Waals surface area contributed by atoms with Crippen LogP contribution in [0.5, 0.6) is 10.9 Å². The summed E-state index contributed by atoms with van der Waals surface area (Å²) >= 11 is 1.44. The van der Waals surface area contributed by atoms with Crippen LogP contribution in [0.2, 0.25) is 0 Å². The molecule has 11 heteroatoms. The predicted octanol–water partition coefficient (Wildman–Crippen LogP) is 5.20. The first-order valence-electron chi connectivity index (χ1n) is 11.1. The number of ether oxygens (including phenoxy) is 2. The van der Waals surface area contributed by atoms with Crippen LogP contribution in [0.15, 0.2) is 77.5 Å². The Morgan fingerprint density at radius 2 is 2.06 bits per heavy atom. The summed E-state index contributed by atoms with van der Waals surface area (Å²) in [5.41, 5.74) is 3.31. The summed E-state index contributed by atoms with van der Waals surface area (Å²) in [6.45, 7) is 8.06. The van der Waals surface area contributed by atoms with E-state index in [1.54, 1.807) is 24.2 Å². The topological polar surface area (TPSA) is 105 Å². The third kappa shape index (κ3) is 5.81. The molecule has 0 fully saturated rings. The molecule has 0 bridgehead atoms. The zero-order valence-corrected chi connectivity index (χ0v) is 21.6. The van der Waals surface area contributed by atoms with Crippen molar-refractivity contribution in [1.82, 2.24) is 25.0 Å². The van der Waals surface area contributed by atoms with Crippen molar-refractivity contribution in [1.29, 1.82) is 0 Å². The first-order chi connectivity index (χ1) is 17.3. The molecule has 0 aliphatic carbocycles. The lowest BCUT2D eigenvalue weighted by Gasteiger charge is -2.21. The number of nitrogens with zero attached hydrogens (tertiary/aromatic N) is 6. The summed E-state index contributed by atoms with van der Waals surface area (Å²) in [4.78, 5) is 11.0. The molecule has 0 unspecified atom stereocenters. The van der Waals surface area contributed by atoms with Gasteiger partial charge in [0.05, 0.1) is 13.3 Å². The van der Waals surface area contributed by atoms with Gasteiger partial charge in [0.2, 0.25) is 0 Å². The van der Waals surface area contributed by atoms with Crippen molar-refractivity contribution in [2.45, 2.75) is 13.8 Å². The summed E-state index contributed by atoms with van der Waals surface area (Å²) in [6, 6.07) is 9.60. The number of rotatable bonds is 9. The van der Waals surface area contributed by atoms with Gasteiger partial charge in [-0.05, 0) is 38.1 Å². The fourth-order valence-electron chi connectivity index (χ4n) is 3.33. The maximum atomic E-state index is 5.76. The lowest BCUT2D eigenvalue weighted by molar-refractivity contribution is 0.306. The highest BCUT2D eigenvalue weighted by atomic mass is 32.1. The molecule has 186 valence electrons. The molecule has 1 aromatic carbocycles. The van der Waals surface area contributed by atoms with Crippen molar-refractivity contribution in [3.63, 3.8) is 0 Å². The Morgan fingerprint density at radius 3 is 2.64 bits per heavy atom. The van der Waals surface area contributed by atoms with E-state index in [-0.39, 0.29) is 0 Å². The molecule has 0 saturated heterocycles. The van der Waals surface area contributed by atoms with E-state index >= 15 is 0 Å². The Balaban J connectivity index is 1.64. The fraction of sp³-hybridized carbons (Fsp3) is 0.200. The number of thiazole rings is 1. The summed E-state index contributed by atoms with van der Waals surface area (Å²) < 4.78 is 13.2. The van der Waals surface area contributed by atoms with Gasteiger partial charge in [-0.15, -0.1) is 0 Å². The first kappa shape index (κ1) is 24.7. The number of benzene rings is 1. The van der Waals surface area contributed by atoms with Crippen LogP contribution in [-0.2, 0) is 11.8 Å². The van der Waals surface area contributed by atoms with Crippen molar-refractivity contribution in [2.75, 3.05) is 24.4 Å². The zero-order valence-electron chi connectivity index (χ0n) is 20.8. The van der Waals surface area contributed by atoms with Crippen LogP contribution < -0.4 is 15.0 Å². The smallest absolute Gasteiger partial charge is 0.278 e. The molecule has 0 amide bonds. The van der Waals surface area contributed by atoms with Gasteiger partial charge >= 0.3 is 0 Å². The third-order valence-corrected chi connectivity index (χ3v) is 5.95. The lowest BCUT2D eigenvalue weighted by Crippen LogP contribution is -2.24. The normalized spacial score (nSPS) is 12.2. The molecule has 0 atom stereocenters. The van der Waals surface area contributed by atoms with Crippen LogP contribution >= 0.6 is 11.3 Å². The Labute approximate surface area is 213 Å². The van der Waals surface area contributed by atoms with Crippen molar-refractivity contribution >= 4 is 34.3 Å². The van der Waals surface area contributed by atoms with Gasteiger partial charge in [0.25, 0.3) is 5.19 Å². The highest BCUT2D eigenvalue weighted by Crippen LogP contribution is 2.28. The number of anilines is 2. The average Bonchev–Trinajstić information content (AvgIpc) is 3.62. The molecule has 0 saturated carbocycles. The number of aryl methyl sites for hydroxylation is 2.